The van der Waals surface area contributed by atoms with Gasteiger partial charge in [-0.2, -0.15) is 0 Å². The van der Waals surface area contributed by atoms with Crippen LogP contribution in [0.5, 0.6) is 5.88 Å². The molecule has 1 aliphatic rings. The van der Waals surface area contributed by atoms with Crippen LogP contribution in [0.15, 0.2) is 48.0 Å². The molecule has 1 atom stereocenters. The van der Waals surface area contributed by atoms with Gasteiger partial charge in [0, 0.05) is 0 Å². The number of nitrogen functional groups attached to an aromatic ring is 1. The third kappa shape index (κ3) is 2.63. The highest BCUT2D eigenvalue weighted by atomic mass is 16.5. The fourth-order valence-corrected chi connectivity index (χ4v) is 2.74. The molecule has 2 aromatic rings. The van der Waals surface area contributed by atoms with Gasteiger partial charge in [-0.3, -0.25) is 0 Å². The van der Waals surface area contributed by atoms with E-state index in [1.807, 2.05) is 30.3 Å². The van der Waals surface area contributed by atoms with Crippen LogP contribution in [-0.2, 0) is 9.53 Å². The Kier molecular flexibility index (Phi) is 3.97. The molecule has 118 valence electrons. The van der Waals surface area contributed by atoms with Gasteiger partial charge in [-0.1, -0.05) is 30.3 Å². The van der Waals surface area contributed by atoms with Crippen LogP contribution in [0.3, 0.4) is 0 Å². The Labute approximate surface area is 134 Å². The number of ether oxygens (including phenoxy) is 2. The average Bonchev–Trinajstić information content (AvgIpc) is 2.54. The summed E-state index contributed by atoms with van der Waals surface area (Å²) < 4.78 is 10.9. The number of nitrogens with zero attached hydrogens (tertiary/aromatic N) is 2. The number of carbonyl (C=O) groups excluding carboxylic acids is 1. The predicted octanol–water partition coefficient (Wildman–Crippen LogP) is 2.42. The highest BCUT2D eigenvalue weighted by Crippen LogP contribution is 2.44. The summed E-state index contributed by atoms with van der Waals surface area (Å²) in [5, 5.41) is 0. The van der Waals surface area contributed by atoms with Gasteiger partial charge < -0.3 is 15.2 Å². The zero-order valence-electron chi connectivity index (χ0n) is 12.9. The number of anilines is 1. The molecule has 0 aliphatic carbocycles. The van der Waals surface area contributed by atoms with Crippen molar-refractivity contribution in [2.24, 2.45) is 0 Å². The van der Waals surface area contributed by atoms with Gasteiger partial charge in [-0.15, -0.1) is 0 Å². The third-order valence-electron chi connectivity index (χ3n) is 3.71. The summed E-state index contributed by atoms with van der Waals surface area (Å²) in [5.41, 5.74) is 7.96. The highest BCUT2D eigenvalue weighted by molar-refractivity contribution is 5.93. The Morgan fingerprint density at radius 1 is 1.30 bits per heavy atom. The molecule has 0 bridgehead atoms. The number of nitrogens with two attached hydrogens (primary N) is 1. The minimum absolute atomic E-state index is 0.282. The summed E-state index contributed by atoms with van der Waals surface area (Å²) >= 11 is 0. The molecule has 2 N–H and O–H groups in total. The first-order chi connectivity index (χ1) is 11.1. The summed E-state index contributed by atoms with van der Waals surface area (Å²) in [4.78, 5) is 20.7. The molecular formula is C17H17N3O3. The average molecular weight is 311 g/mol. The monoisotopic (exact) mass is 311 g/mol. The maximum atomic E-state index is 12.5. The maximum Gasteiger partial charge on any atom is 0.338 e. The first kappa shape index (κ1) is 15.0. The van der Waals surface area contributed by atoms with Gasteiger partial charge in [0.1, 0.15) is 17.9 Å². The molecular weight excluding hydrogens is 294 g/mol. The molecule has 0 saturated heterocycles. The zero-order valence-corrected chi connectivity index (χ0v) is 12.9. The molecule has 6 heteroatoms. The molecule has 0 fully saturated rings. The van der Waals surface area contributed by atoms with Crippen molar-refractivity contribution in [3.63, 3.8) is 0 Å². The van der Waals surface area contributed by atoms with Crippen LogP contribution >= 0.6 is 0 Å². The third-order valence-corrected chi connectivity index (χ3v) is 3.71. The van der Waals surface area contributed by atoms with Crippen LogP contribution in [0.1, 0.15) is 30.9 Å². The summed E-state index contributed by atoms with van der Waals surface area (Å²) in [6.07, 6.45) is 1.35. The Morgan fingerprint density at radius 2 is 2.04 bits per heavy atom. The molecule has 0 amide bonds. The van der Waals surface area contributed by atoms with Crippen molar-refractivity contribution in [2.45, 2.75) is 19.8 Å². The van der Waals surface area contributed by atoms with Crippen molar-refractivity contribution in [3.05, 3.63) is 59.1 Å². The number of allylic oxidation sites excluding steroid dienone is 1. The number of esters is 1. The number of benzene rings is 1. The van der Waals surface area contributed by atoms with Gasteiger partial charge in [0.05, 0.1) is 23.7 Å². The van der Waals surface area contributed by atoms with Crippen LogP contribution in [0.2, 0.25) is 0 Å². The Bertz CT molecular complexity index is 772. The lowest BCUT2D eigenvalue weighted by Gasteiger charge is -2.28. The van der Waals surface area contributed by atoms with Crippen molar-refractivity contribution in [1.29, 1.82) is 0 Å². The number of hydrogen-bond donors (Lipinski definition) is 1. The number of aromatic nitrogens is 2. The highest BCUT2D eigenvalue weighted by Gasteiger charge is 2.37. The minimum Gasteiger partial charge on any atom is -0.463 e. The first-order valence-electron chi connectivity index (χ1n) is 7.34. The van der Waals surface area contributed by atoms with Crippen LogP contribution in [0, 0.1) is 0 Å². The first-order valence-corrected chi connectivity index (χ1v) is 7.34. The fraction of sp³-hybridized carbons (Fsp3) is 0.235. The minimum atomic E-state index is -0.423. The summed E-state index contributed by atoms with van der Waals surface area (Å²) in [6.45, 7) is 3.77. The van der Waals surface area contributed by atoms with Gasteiger partial charge in [0.2, 0.25) is 5.88 Å². The summed E-state index contributed by atoms with van der Waals surface area (Å²) in [7, 11) is 0. The van der Waals surface area contributed by atoms with E-state index in [2.05, 4.69) is 9.97 Å². The van der Waals surface area contributed by atoms with Gasteiger partial charge >= 0.3 is 5.97 Å². The second-order valence-electron chi connectivity index (χ2n) is 5.11. The van der Waals surface area contributed by atoms with E-state index < -0.39 is 11.9 Å². The lowest BCUT2D eigenvalue weighted by Crippen LogP contribution is -2.25. The van der Waals surface area contributed by atoms with E-state index in [1.165, 1.54) is 6.33 Å². The van der Waals surface area contributed by atoms with Crippen LogP contribution in [0.25, 0.3) is 0 Å². The number of fused-ring (bicyclic) bond motifs is 1. The molecule has 6 nitrogen and oxygen atoms in total. The molecule has 0 spiro atoms. The lowest BCUT2D eigenvalue weighted by molar-refractivity contribution is -0.139. The van der Waals surface area contributed by atoms with E-state index in [1.54, 1.807) is 13.8 Å². The Balaban J connectivity index is 2.22. The number of rotatable bonds is 3. The van der Waals surface area contributed by atoms with Crippen molar-refractivity contribution in [1.82, 2.24) is 9.97 Å². The molecule has 1 unspecified atom stereocenters. The molecule has 1 aromatic carbocycles. The Hall–Kier alpha value is -2.89. The molecule has 0 radical (unpaired) electrons. The van der Waals surface area contributed by atoms with E-state index in [0.717, 1.165) is 5.56 Å². The van der Waals surface area contributed by atoms with Gasteiger partial charge in [-0.05, 0) is 19.4 Å². The summed E-state index contributed by atoms with van der Waals surface area (Å²) in [6, 6.07) is 9.58. The van der Waals surface area contributed by atoms with Crippen LogP contribution < -0.4 is 10.5 Å². The standard InChI is InChI=1S/C17H17N3O3/c1-3-22-17(21)12-10(2)23-16-14(15(18)19-9-20-16)13(12)11-7-5-4-6-8-11/h4-9,13H,3H2,1-2H3,(H2,18,19,20). The van der Waals surface area contributed by atoms with Gasteiger partial charge in [-0.25, -0.2) is 14.8 Å². The predicted molar refractivity (Wildman–Crippen MR) is 84.7 cm³/mol. The van der Waals surface area contributed by atoms with E-state index in [0.29, 0.717) is 22.8 Å². The largest absolute Gasteiger partial charge is 0.463 e. The molecule has 1 aromatic heterocycles. The second kappa shape index (κ2) is 6.08. The molecule has 23 heavy (non-hydrogen) atoms. The van der Waals surface area contributed by atoms with Crippen molar-refractivity contribution < 1.29 is 14.3 Å². The SMILES string of the molecule is CCOC(=O)C1=C(C)Oc2ncnc(N)c2C1c1ccccc1. The molecule has 2 heterocycles. The van der Waals surface area contributed by atoms with Gasteiger partial charge in [0.15, 0.2) is 0 Å². The Morgan fingerprint density at radius 3 is 2.74 bits per heavy atom. The van der Waals surface area contributed by atoms with E-state index in [9.17, 15) is 4.79 Å². The topological polar surface area (TPSA) is 87.3 Å². The van der Waals surface area contributed by atoms with E-state index >= 15 is 0 Å². The van der Waals surface area contributed by atoms with E-state index in [-0.39, 0.29) is 12.4 Å². The van der Waals surface area contributed by atoms with Gasteiger partial charge in [0.25, 0.3) is 0 Å². The fourth-order valence-electron chi connectivity index (χ4n) is 2.74. The number of hydrogen-bond acceptors (Lipinski definition) is 6. The van der Waals surface area contributed by atoms with E-state index in [4.69, 9.17) is 15.2 Å². The molecule has 1 aliphatic heterocycles. The quantitative estimate of drug-likeness (QED) is 0.876. The maximum absolute atomic E-state index is 12.5. The number of carbonyl (C=O) groups is 1. The molecule has 3 rings (SSSR count). The molecule has 0 saturated carbocycles. The lowest BCUT2D eigenvalue weighted by atomic mass is 9.83. The van der Waals surface area contributed by atoms with Crippen LogP contribution in [-0.4, -0.2) is 22.5 Å². The van der Waals surface area contributed by atoms with Crippen LogP contribution in [0.4, 0.5) is 5.82 Å². The van der Waals surface area contributed by atoms with Crippen molar-refractivity contribution in [2.75, 3.05) is 12.3 Å². The zero-order chi connectivity index (χ0) is 16.4. The smallest absolute Gasteiger partial charge is 0.338 e. The van der Waals surface area contributed by atoms with Crippen molar-refractivity contribution >= 4 is 11.8 Å². The summed E-state index contributed by atoms with van der Waals surface area (Å²) in [5.74, 6) is 0.283. The normalized spacial score (nSPS) is 16.5. The second-order valence-corrected chi connectivity index (χ2v) is 5.11. The van der Waals surface area contributed by atoms with Crippen molar-refractivity contribution in [3.8, 4) is 5.88 Å².